The first-order valence-corrected chi connectivity index (χ1v) is 11.7. The van der Waals surface area contributed by atoms with Gasteiger partial charge in [-0.2, -0.15) is 0 Å². The van der Waals surface area contributed by atoms with Crippen LogP contribution in [0.2, 0.25) is 0 Å². The van der Waals surface area contributed by atoms with E-state index in [1.54, 1.807) is 0 Å². The van der Waals surface area contributed by atoms with Crippen LogP contribution in [0.25, 0.3) is 11.1 Å². The Balaban J connectivity index is 1.43. The molecule has 0 heterocycles. The van der Waals surface area contributed by atoms with Gasteiger partial charge in [-0.3, -0.25) is 4.90 Å². The monoisotopic (exact) mass is 473 g/mol. The van der Waals surface area contributed by atoms with E-state index in [2.05, 4.69) is 12.1 Å². The second-order valence-electron chi connectivity index (χ2n) is 9.83. The number of likely N-dealkylation sites (N-methyl/N-ethyl adjacent to an activating group) is 1. The van der Waals surface area contributed by atoms with Crippen molar-refractivity contribution >= 4 is 12.1 Å². The third kappa shape index (κ3) is 5.48. The van der Waals surface area contributed by atoms with Gasteiger partial charge in [0.05, 0.1) is 0 Å². The number of carbonyl (C=O) groups excluding carboxylic acids is 1. The molecule has 3 aromatic rings. The summed E-state index contributed by atoms with van der Waals surface area (Å²) in [6.07, 6.45) is -0.502. The van der Waals surface area contributed by atoms with Crippen LogP contribution < -0.4 is 4.74 Å². The molecular weight excluding hydrogens is 442 g/mol. The first kappa shape index (κ1) is 24.3. The van der Waals surface area contributed by atoms with Crippen LogP contribution in [0.4, 0.5) is 4.79 Å². The molecule has 35 heavy (non-hydrogen) atoms. The van der Waals surface area contributed by atoms with Gasteiger partial charge < -0.3 is 14.6 Å². The smallest absolute Gasteiger partial charge is 0.410 e. The molecule has 182 valence electrons. The molecule has 0 radical (unpaired) electrons. The zero-order chi connectivity index (χ0) is 25.2. The first-order valence-electron chi connectivity index (χ1n) is 11.7. The molecule has 0 fully saturated rings. The van der Waals surface area contributed by atoms with Gasteiger partial charge in [-0.15, -0.1) is 0 Å². The highest BCUT2D eigenvalue weighted by molar-refractivity contribution is 5.81. The summed E-state index contributed by atoms with van der Waals surface area (Å²) in [7, 11) is 1.47. The second-order valence-corrected chi connectivity index (χ2v) is 9.83. The number of nitrogens with zero attached hydrogens (tertiary/aromatic N) is 1. The number of fused-ring (bicyclic) bond motifs is 3. The summed E-state index contributed by atoms with van der Waals surface area (Å²) in [4.78, 5) is 26.1. The normalized spacial score (nSPS) is 13.5. The summed E-state index contributed by atoms with van der Waals surface area (Å²) < 4.78 is 11.5. The van der Waals surface area contributed by atoms with E-state index in [4.69, 9.17) is 9.47 Å². The van der Waals surface area contributed by atoms with Gasteiger partial charge in [0.1, 0.15) is 24.0 Å². The lowest BCUT2D eigenvalue weighted by Gasteiger charge is -2.25. The summed E-state index contributed by atoms with van der Waals surface area (Å²) >= 11 is 0. The lowest BCUT2D eigenvalue weighted by Crippen LogP contribution is -2.44. The van der Waals surface area contributed by atoms with Crippen LogP contribution in [-0.4, -0.2) is 47.4 Å². The highest BCUT2D eigenvalue weighted by Crippen LogP contribution is 2.44. The minimum absolute atomic E-state index is 0.0848. The van der Waals surface area contributed by atoms with Crippen molar-refractivity contribution in [3.63, 3.8) is 0 Å². The van der Waals surface area contributed by atoms with E-state index in [-0.39, 0.29) is 24.5 Å². The van der Waals surface area contributed by atoms with Crippen molar-refractivity contribution in [1.82, 2.24) is 4.90 Å². The van der Waals surface area contributed by atoms with Crippen molar-refractivity contribution in [3.8, 4) is 16.9 Å². The fraction of sp³-hybridized carbons (Fsp3) is 0.310. The van der Waals surface area contributed by atoms with Gasteiger partial charge in [0.15, 0.2) is 0 Å². The number of carboxylic acid groups (broad SMARTS) is 1. The van der Waals surface area contributed by atoms with Gasteiger partial charge in [0, 0.05) is 19.4 Å². The van der Waals surface area contributed by atoms with Crippen molar-refractivity contribution in [2.45, 2.75) is 44.8 Å². The average Bonchev–Trinajstić information content (AvgIpc) is 3.14. The van der Waals surface area contributed by atoms with E-state index < -0.39 is 18.1 Å². The molecule has 0 aliphatic heterocycles. The molecule has 1 aliphatic carbocycles. The zero-order valence-electron chi connectivity index (χ0n) is 20.5. The quantitative estimate of drug-likeness (QED) is 0.474. The SMILES string of the molecule is CN(C(=O)OCC1c2ccccc2-c2ccccc21)C(Cc1ccc(OC(C)(C)C)cc1)C(=O)O. The Kier molecular flexibility index (Phi) is 6.83. The van der Waals surface area contributed by atoms with E-state index in [1.807, 2.05) is 81.4 Å². The predicted molar refractivity (Wildman–Crippen MR) is 135 cm³/mol. The summed E-state index contributed by atoms with van der Waals surface area (Å²) in [6, 6.07) is 22.4. The Bertz CT molecular complexity index is 1170. The molecule has 6 heteroatoms. The second kappa shape index (κ2) is 9.82. The number of hydrogen-bond donors (Lipinski definition) is 1. The van der Waals surface area contributed by atoms with Crippen molar-refractivity contribution < 1.29 is 24.2 Å². The van der Waals surface area contributed by atoms with Crippen molar-refractivity contribution in [2.24, 2.45) is 0 Å². The van der Waals surface area contributed by atoms with Crippen LogP contribution in [0, 0.1) is 0 Å². The molecule has 0 aromatic heterocycles. The summed E-state index contributed by atoms with van der Waals surface area (Å²) in [5, 5.41) is 9.83. The maximum atomic E-state index is 12.9. The molecule has 0 saturated heterocycles. The predicted octanol–water partition coefficient (Wildman–Crippen LogP) is 5.74. The Morgan fingerprint density at radius 3 is 1.97 bits per heavy atom. The van der Waals surface area contributed by atoms with E-state index in [0.29, 0.717) is 5.75 Å². The summed E-state index contributed by atoms with van der Waals surface area (Å²) in [5.41, 5.74) is 4.96. The van der Waals surface area contributed by atoms with Gasteiger partial charge in [-0.25, -0.2) is 9.59 Å². The Morgan fingerprint density at radius 1 is 0.914 bits per heavy atom. The number of ether oxygens (including phenoxy) is 2. The lowest BCUT2D eigenvalue weighted by atomic mass is 9.98. The first-order chi connectivity index (χ1) is 16.6. The highest BCUT2D eigenvalue weighted by atomic mass is 16.6. The summed E-state index contributed by atoms with van der Waals surface area (Å²) in [5.74, 6) is -0.465. The molecule has 1 unspecified atom stereocenters. The molecule has 6 nitrogen and oxygen atoms in total. The third-order valence-corrected chi connectivity index (χ3v) is 6.15. The topological polar surface area (TPSA) is 76.1 Å². The molecule has 3 aromatic carbocycles. The number of amides is 1. The number of benzene rings is 3. The molecule has 0 spiro atoms. The standard InChI is InChI=1S/C29H31NO5/c1-29(2,3)35-20-15-13-19(14-16-20)17-26(27(31)32)30(4)28(33)34-18-25-23-11-7-5-9-21(23)22-10-6-8-12-24(22)25/h5-16,25-26H,17-18H2,1-4H3,(H,31,32). The highest BCUT2D eigenvalue weighted by Gasteiger charge is 2.32. The molecule has 1 amide bonds. The molecule has 1 atom stereocenters. The summed E-state index contributed by atoms with van der Waals surface area (Å²) in [6.45, 7) is 6.03. The minimum Gasteiger partial charge on any atom is -0.488 e. The molecule has 4 rings (SSSR count). The Morgan fingerprint density at radius 2 is 1.46 bits per heavy atom. The maximum absolute atomic E-state index is 12.9. The van der Waals surface area contributed by atoms with Gasteiger partial charge >= 0.3 is 12.1 Å². The molecule has 0 bridgehead atoms. The Labute approximate surface area is 206 Å². The molecule has 0 saturated carbocycles. The molecule has 1 N–H and O–H groups in total. The van der Waals surface area contributed by atoms with Crippen LogP contribution >= 0.6 is 0 Å². The molecular formula is C29H31NO5. The fourth-order valence-corrected chi connectivity index (χ4v) is 4.48. The minimum atomic E-state index is -1.09. The number of carboxylic acids is 1. The van der Waals surface area contributed by atoms with Gasteiger partial charge in [-0.05, 0) is 60.7 Å². The number of aliphatic carboxylic acids is 1. The van der Waals surface area contributed by atoms with Gasteiger partial charge in [0.2, 0.25) is 0 Å². The van der Waals surface area contributed by atoms with E-state index in [0.717, 1.165) is 32.7 Å². The third-order valence-electron chi connectivity index (χ3n) is 6.15. The Hall–Kier alpha value is -3.80. The van der Waals surface area contributed by atoms with Crippen LogP contribution in [0.1, 0.15) is 43.4 Å². The van der Waals surface area contributed by atoms with Crippen molar-refractivity contribution in [1.29, 1.82) is 0 Å². The van der Waals surface area contributed by atoms with Crippen LogP contribution in [0.15, 0.2) is 72.8 Å². The van der Waals surface area contributed by atoms with E-state index in [9.17, 15) is 14.7 Å². The van der Waals surface area contributed by atoms with Crippen LogP contribution in [0.5, 0.6) is 5.75 Å². The largest absolute Gasteiger partial charge is 0.488 e. The van der Waals surface area contributed by atoms with Gasteiger partial charge in [0.25, 0.3) is 0 Å². The lowest BCUT2D eigenvalue weighted by molar-refractivity contribution is -0.142. The fourth-order valence-electron chi connectivity index (χ4n) is 4.48. The van der Waals surface area contributed by atoms with Crippen molar-refractivity contribution in [2.75, 3.05) is 13.7 Å². The number of rotatable bonds is 7. The number of carbonyl (C=O) groups is 2. The number of hydrogen-bond acceptors (Lipinski definition) is 4. The molecule has 1 aliphatic rings. The van der Waals surface area contributed by atoms with Crippen LogP contribution in [0.3, 0.4) is 0 Å². The maximum Gasteiger partial charge on any atom is 0.410 e. The van der Waals surface area contributed by atoms with Gasteiger partial charge in [-0.1, -0.05) is 60.7 Å². The van der Waals surface area contributed by atoms with E-state index in [1.165, 1.54) is 7.05 Å². The average molecular weight is 474 g/mol. The van der Waals surface area contributed by atoms with E-state index >= 15 is 0 Å². The van der Waals surface area contributed by atoms with Crippen LogP contribution in [-0.2, 0) is 16.0 Å². The zero-order valence-corrected chi connectivity index (χ0v) is 20.5. The van der Waals surface area contributed by atoms with Crippen molar-refractivity contribution in [3.05, 3.63) is 89.5 Å².